The first kappa shape index (κ1) is 21.5. The van der Waals surface area contributed by atoms with Crippen LogP contribution >= 0.6 is 0 Å². The molecule has 3 aliphatic rings. The fourth-order valence-electron chi connectivity index (χ4n) is 4.82. The molecule has 0 atom stereocenters. The van der Waals surface area contributed by atoms with Crippen LogP contribution in [0.5, 0.6) is 0 Å². The third-order valence-corrected chi connectivity index (χ3v) is 8.46. The minimum Gasteiger partial charge on any atom is -0.378 e. The van der Waals surface area contributed by atoms with E-state index in [1.807, 2.05) is 6.20 Å². The summed E-state index contributed by atoms with van der Waals surface area (Å²) in [5.41, 5.74) is 1.65. The first-order chi connectivity index (χ1) is 16.5. The lowest BCUT2D eigenvalue weighted by molar-refractivity contribution is -0.121. The van der Waals surface area contributed by atoms with Crippen molar-refractivity contribution in [3.8, 4) is 0 Å². The Kier molecular flexibility index (Phi) is 5.07. The molecule has 0 radical (unpaired) electrons. The predicted octanol–water partition coefficient (Wildman–Crippen LogP) is 2.88. The lowest BCUT2D eigenvalue weighted by atomic mass is 9.93. The van der Waals surface area contributed by atoms with Crippen LogP contribution in [0.3, 0.4) is 0 Å². The summed E-state index contributed by atoms with van der Waals surface area (Å²) in [4.78, 5) is 24.8. The summed E-state index contributed by atoms with van der Waals surface area (Å²) in [7, 11) is -4.08. The van der Waals surface area contributed by atoms with E-state index in [0.717, 1.165) is 29.8 Å². The summed E-state index contributed by atoms with van der Waals surface area (Å²) < 4.78 is 34.6. The van der Waals surface area contributed by atoms with Gasteiger partial charge in [-0.25, -0.2) is 18.1 Å². The van der Waals surface area contributed by atoms with Gasteiger partial charge in [0.2, 0.25) is 5.91 Å². The molecule has 1 saturated heterocycles. The van der Waals surface area contributed by atoms with Crippen molar-refractivity contribution < 1.29 is 17.9 Å². The van der Waals surface area contributed by atoms with E-state index in [2.05, 4.69) is 20.7 Å². The van der Waals surface area contributed by atoms with Crippen molar-refractivity contribution in [2.24, 2.45) is 0 Å². The van der Waals surface area contributed by atoms with Gasteiger partial charge in [0.1, 0.15) is 5.82 Å². The van der Waals surface area contributed by atoms with Crippen LogP contribution in [0.4, 0.5) is 5.82 Å². The zero-order valence-electron chi connectivity index (χ0n) is 18.7. The number of pyridine rings is 2. The number of hydrogen-bond donors (Lipinski definition) is 1. The minimum absolute atomic E-state index is 0.0560. The Balaban J connectivity index is 1.36. The molecule has 176 valence electrons. The number of carbonyl (C=O) groups is 1. The zero-order valence-corrected chi connectivity index (χ0v) is 19.6. The number of rotatable bonds is 6. The number of aromatic nitrogens is 2. The number of nitrogens with zero attached hydrogens (tertiary/aromatic N) is 3. The van der Waals surface area contributed by atoms with Crippen LogP contribution in [0.1, 0.15) is 42.7 Å². The maximum absolute atomic E-state index is 13.6. The zero-order chi connectivity index (χ0) is 23.3. The summed E-state index contributed by atoms with van der Waals surface area (Å²) in [6.07, 6.45) is 6.97. The number of amides is 1. The molecule has 3 fully saturated rings. The minimum atomic E-state index is -4.08. The molecule has 34 heavy (non-hydrogen) atoms. The highest BCUT2D eigenvalue weighted by Gasteiger charge is 2.54. The first-order valence-corrected chi connectivity index (χ1v) is 13.2. The van der Waals surface area contributed by atoms with E-state index in [4.69, 9.17) is 9.72 Å². The Morgan fingerprint density at radius 1 is 1.09 bits per heavy atom. The van der Waals surface area contributed by atoms with Crippen molar-refractivity contribution >= 4 is 32.7 Å². The molecular weight excluding hydrogens is 452 g/mol. The maximum atomic E-state index is 13.6. The van der Waals surface area contributed by atoms with Crippen molar-refractivity contribution in [2.75, 3.05) is 31.2 Å². The molecule has 2 saturated carbocycles. The molecule has 0 bridgehead atoms. The quantitative estimate of drug-likeness (QED) is 0.581. The van der Waals surface area contributed by atoms with Crippen LogP contribution in [0.15, 0.2) is 53.7 Å². The largest absolute Gasteiger partial charge is 0.378 e. The van der Waals surface area contributed by atoms with Gasteiger partial charge < -0.3 is 9.64 Å². The Hall–Kier alpha value is -3.04. The number of morpholine rings is 1. The van der Waals surface area contributed by atoms with Crippen LogP contribution in [-0.4, -0.2) is 50.6 Å². The van der Waals surface area contributed by atoms with Crippen LogP contribution in [-0.2, 0) is 25.0 Å². The number of sulfonamides is 1. The molecule has 3 aromatic rings. The lowest BCUT2D eigenvalue weighted by Gasteiger charge is -2.31. The molecule has 1 N–H and O–H groups in total. The fraction of sp³-hybridized carbons (Fsp3) is 0.400. The highest BCUT2D eigenvalue weighted by molar-refractivity contribution is 7.90. The van der Waals surface area contributed by atoms with Gasteiger partial charge in [-0.15, -0.1) is 0 Å². The molecule has 0 unspecified atom stereocenters. The smallest absolute Gasteiger partial charge is 0.264 e. The molecule has 3 heterocycles. The van der Waals surface area contributed by atoms with Crippen molar-refractivity contribution in [1.82, 2.24) is 14.7 Å². The Labute approximate surface area is 198 Å². The molecule has 1 aromatic carbocycles. The van der Waals surface area contributed by atoms with E-state index in [9.17, 15) is 13.2 Å². The van der Waals surface area contributed by atoms with Crippen LogP contribution in [0.2, 0.25) is 0 Å². The van der Waals surface area contributed by atoms with Crippen molar-refractivity contribution in [1.29, 1.82) is 0 Å². The summed E-state index contributed by atoms with van der Waals surface area (Å²) in [5, 5.41) is 0.488. The molecule has 2 aromatic heterocycles. The third-order valence-electron chi connectivity index (χ3n) is 7.07. The number of ether oxygens (including phenoxy) is 1. The van der Waals surface area contributed by atoms with Gasteiger partial charge >= 0.3 is 0 Å². The van der Waals surface area contributed by atoms with Gasteiger partial charge in [0.25, 0.3) is 10.0 Å². The number of hydrogen-bond acceptors (Lipinski definition) is 7. The number of anilines is 1. The van der Waals surface area contributed by atoms with Crippen LogP contribution < -0.4 is 9.62 Å². The highest BCUT2D eigenvalue weighted by Crippen LogP contribution is 2.53. The van der Waals surface area contributed by atoms with E-state index in [1.165, 1.54) is 6.07 Å². The van der Waals surface area contributed by atoms with Gasteiger partial charge in [-0.05, 0) is 67.5 Å². The monoisotopic (exact) mass is 478 g/mol. The normalized spacial score (nSPS) is 19.7. The predicted molar refractivity (Wildman–Crippen MR) is 127 cm³/mol. The average Bonchev–Trinajstić information content (AvgIpc) is 3.77. The number of benzene rings is 1. The average molecular weight is 479 g/mol. The Morgan fingerprint density at radius 3 is 2.62 bits per heavy atom. The Morgan fingerprint density at radius 2 is 1.88 bits per heavy atom. The number of fused-ring (bicyclic) bond motifs is 1. The molecule has 0 spiro atoms. The van der Waals surface area contributed by atoms with Crippen molar-refractivity contribution in [2.45, 2.75) is 41.9 Å². The van der Waals surface area contributed by atoms with Gasteiger partial charge in [-0.3, -0.25) is 9.78 Å². The second kappa shape index (κ2) is 8.02. The van der Waals surface area contributed by atoms with Crippen molar-refractivity contribution in [3.05, 3.63) is 59.9 Å². The second-order valence-corrected chi connectivity index (χ2v) is 11.0. The van der Waals surface area contributed by atoms with Gasteiger partial charge in [-0.1, -0.05) is 6.07 Å². The fourth-order valence-corrected chi connectivity index (χ4v) is 6.09. The molecular formula is C25H26N4O4S. The number of nitrogens with one attached hydrogen (secondary N) is 1. The molecule has 8 nitrogen and oxygen atoms in total. The number of carbonyl (C=O) groups excluding carboxylic acids is 1. The van der Waals surface area contributed by atoms with Crippen LogP contribution in [0.25, 0.3) is 10.9 Å². The second-order valence-electron chi connectivity index (χ2n) is 9.36. The van der Waals surface area contributed by atoms with Gasteiger partial charge in [-0.2, -0.15) is 0 Å². The van der Waals surface area contributed by atoms with Gasteiger partial charge in [0, 0.05) is 36.4 Å². The first-order valence-electron chi connectivity index (χ1n) is 11.7. The summed E-state index contributed by atoms with van der Waals surface area (Å²) in [5.74, 6) is 0.764. The van der Waals surface area contributed by atoms with E-state index in [1.54, 1.807) is 30.5 Å². The van der Waals surface area contributed by atoms with Gasteiger partial charge in [0.15, 0.2) is 0 Å². The topological polar surface area (TPSA) is 101 Å². The van der Waals surface area contributed by atoms with Crippen molar-refractivity contribution in [3.63, 3.8) is 0 Å². The molecule has 2 aliphatic carbocycles. The summed E-state index contributed by atoms with van der Waals surface area (Å²) in [6, 6.07) is 10.4. The standard InChI is InChI=1S/C25H26N4O4S/c30-24(28-34(31,32)22-5-1-4-21-19(22)3-2-10-26-21)25(8-9-25)20-15-18(17-6-7-17)16-27-23(20)29-11-13-33-14-12-29/h1-5,10,15-17H,6-9,11-14H2,(H,28,30). The van der Waals surface area contributed by atoms with E-state index in [-0.39, 0.29) is 4.90 Å². The van der Waals surface area contributed by atoms with Crippen LogP contribution in [0, 0.1) is 0 Å². The third kappa shape index (κ3) is 3.73. The van der Waals surface area contributed by atoms with E-state index >= 15 is 0 Å². The lowest BCUT2D eigenvalue weighted by Crippen LogP contribution is -2.42. The SMILES string of the molecule is O=C(NS(=O)(=O)c1cccc2ncccc12)C1(c2cc(C3CC3)cnc2N2CCOCC2)CC1. The van der Waals surface area contributed by atoms with E-state index < -0.39 is 21.3 Å². The molecule has 1 aliphatic heterocycles. The van der Waals surface area contributed by atoms with E-state index in [0.29, 0.717) is 56.0 Å². The maximum Gasteiger partial charge on any atom is 0.264 e. The Bertz CT molecular complexity index is 1370. The van der Waals surface area contributed by atoms with Gasteiger partial charge in [0.05, 0.1) is 29.0 Å². The summed E-state index contributed by atoms with van der Waals surface area (Å²) in [6.45, 7) is 2.60. The molecule has 1 amide bonds. The summed E-state index contributed by atoms with van der Waals surface area (Å²) >= 11 is 0. The highest BCUT2D eigenvalue weighted by atomic mass is 32.2. The molecule has 9 heteroatoms. The molecule has 6 rings (SSSR count).